The number of hydrogen-bond donors (Lipinski definition) is 0. The SMILES string of the molecule is CCC(C)CC(C(C)CC)C(C)CC. The van der Waals surface area contributed by atoms with Crippen LogP contribution in [0, 0.1) is 23.7 Å². The summed E-state index contributed by atoms with van der Waals surface area (Å²) in [6.45, 7) is 14.2. The largest absolute Gasteiger partial charge is 0.0651 e. The first-order valence-electron chi connectivity index (χ1n) is 6.56. The monoisotopic (exact) mass is 198 g/mol. The fraction of sp³-hybridized carbons (Fsp3) is 1.00. The predicted molar refractivity (Wildman–Crippen MR) is 66.5 cm³/mol. The van der Waals surface area contributed by atoms with E-state index in [-0.39, 0.29) is 0 Å². The van der Waals surface area contributed by atoms with Crippen molar-refractivity contribution >= 4 is 0 Å². The van der Waals surface area contributed by atoms with Gasteiger partial charge in [-0.2, -0.15) is 0 Å². The highest BCUT2D eigenvalue weighted by Crippen LogP contribution is 2.32. The van der Waals surface area contributed by atoms with Crippen LogP contribution >= 0.6 is 0 Å². The van der Waals surface area contributed by atoms with E-state index in [9.17, 15) is 0 Å². The van der Waals surface area contributed by atoms with E-state index in [0.717, 1.165) is 23.7 Å². The molecule has 0 saturated heterocycles. The van der Waals surface area contributed by atoms with Gasteiger partial charge in [-0.25, -0.2) is 0 Å². The van der Waals surface area contributed by atoms with Gasteiger partial charge in [-0.3, -0.25) is 0 Å². The van der Waals surface area contributed by atoms with Crippen molar-refractivity contribution in [3.05, 3.63) is 0 Å². The highest BCUT2D eigenvalue weighted by Gasteiger charge is 2.22. The molecule has 0 aliphatic rings. The second kappa shape index (κ2) is 7.31. The third-order valence-corrected chi connectivity index (χ3v) is 4.12. The summed E-state index contributed by atoms with van der Waals surface area (Å²) >= 11 is 0. The minimum atomic E-state index is 0.902. The highest BCUT2D eigenvalue weighted by atomic mass is 14.3. The van der Waals surface area contributed by atoms with E-state index in [1.807, 2.05) is 0 Å². The van der Waals surface area contributed by atoms with Gasteiger partial charge in [-0.05, 0) is 30.1 Å². The van der Waals surface area contributed by atoms with Crippen molar-refractivity contribution in [2.45, 2.75) is 67.2 Å². The van der Waals surface area contributed by atoms with Crippen LogP contribution in [-0.4, -0.2) is 0 Å². The lowest BCUT2D eigenvalue weighted by Crippen LogP contribution is -2.21. The fourth-order valence-corrected chi connectivity index (χ4v) is 2.26. The van der Waals surface area contributed by atoms with E-state index in [0.29, 0.717) is 0 Å². The molecule has 0 amide bonds. The van der Waals surface area contributed by atoms with E-state index in [4.69, 9.17) is 0 Å². The van der Waals surface area contributed by atoms with Crippen LogP contribution in [0.2, 0.25) is 0 Å². The normalized spacial score (nSPS) is 20.1. The van der Waals surface area contributed by atoms with Crippen molar-refractivity contribution in [2.24, 2.45) is 23.7 Å². The van der Waals surface area contributed by atoms with E-state index in [1.54, 1.807) is 0 Å². The first-order valence-corrected chi connectivity index (χ1v) is 6.56. The molecule has 0 saturated carbocycles. The molecule has 0 bridgehead atoms. The minimum Gasteiger partial charge on any atom is -0.0651 e. The Kier molecular flexibility index (Phi) is 7.31. The molecule has 86 valence electrons. The lowest BCUT2D eigenvalue weighted by atomic mass is 9.75. The zero-order chi connectivity index (χ0) is 11.1. The zero-order valence-electron chi connectivity index (χ0n) is 11.1. The summed E-state index contributed by atoms with van der Waals surface area (Å²) in [5, 5.41) is 0. The molecule has 0 nitrogen and oxygen atoms in total. The average Bonchev–Trinajstić information content (AvgIpc) is 2.23. The summed E-state index contributed by atoms with van der Waals surface area (Å²) in [5.41, 5.74) is 0. The van der Waals surface area contributed by atoms with Gasteiger partial charge >= 0.3 is 0 Å². The molecule has 0 aromatic rings. The molecule has 0 aliphatic carbocycles. The molecule has 3 atom stereocenters. The molecule has 0 spiro atoms. The van der Waals surface area contributed by atoms with Crippen LogP contribution in [-0.2, 0) is 0 Å². The Hall–Kier alpha value is 0. The van der Waals surface area contributed by atoms with Crippen LogP contribution in [0.15, 0.2) is 0 Å². The van der Waals surface area contributed by atoms with Gasteiger partial charge in [0.05, 0.1) is 0 Å². The van der Waals surface area contributed by atoms with Crippen molar-refractivity contribution in [2.75, 3.05) is 0 Å². The first-order chi connectivity index (χ1) is 6.56. The molecule has 0 heteroatoms. The first kappa shape index (κ1) is 14.0. The Bertz CT molecular complexity index is 118. The van der Waals surface area contributed by atoms with Gasteiger partial charge in [0.25, 0.3) is 0 Å². The van der Waals surface area contributed by atoms with Crippen molar-refractivity contribution in [1.82, 2.24) is 0 Å². The van der Waals surface area contributed by atoms with Gasteiger partial charge in [0.2, 0.25) is 0 Å². The maximum atomic E-state index is 2.43. The Morgan fingerprint density at radius 3 is 1.43 bits per heavy atom. The van der Waals surface area contributed by atoms with Gasteiger partial charge in [-0.1, -0.05) is 60.8 Å². The van der Waals surface area contributed by atoms with Gasteiger partial charge in [0, 0.05) is 0 Å². The Morgan fingerprint density at radius 1 is 0.714 bits per heavy atom. The average molecular weight is 198 g/mol. The Labute approximate surface area is 91.5 Å². The third-order valence-electron chi connectivity index (χ3n) is 4.12. The van der Waals surface area contributed by atoms with Crippen LogP contribution in [0.1, 0.15) is 67.2 Å². The molecule has 3 unspecified atom stereocenters. The lowest BCUT2D eigenvalue weighted by molar-refractivity contribution is 0.198. The summed E-state index contributed by atoms with van der Waals surface area (Å²) in [7, 11) is 0. The summed E-state index contributed by atoms with van der Waals surface area (Å²) in [6, 6.07) is 0. The van der Waals surface area contributed by atoms with Crippen LogP contribution < -0.4 is 0 Å². The molecule has 0 heterocycles. The molecule has 0 fully saturated rings. The van der Waals surface area contributed by atoms with Gasteiger partial charge in [-0.15, -0.1) is 0 Å². The van der Waals surface area contributed by atoms with Crippen LogP contribution in [0.4, 0.5) is 0 Å². The maximum Gasteiger partial charge on any atom is -0.0360 e. The van der Waals surface area contributed by atoms with E-state index in [1.165, 1.54) is 25.7 Å². The Balaban J connectivity index is 4.23. The predicted octanol–water partition coefficient (Wildman–Crippen LogP) is 5.13. The molecule has 0 rings (SSSR count). The van der Waals surface area contributed by atoms with E-state index in [2.05, 4.69) is 41.5 Å². The second-order valence-electron chi connectivity index (χ2n) is 5.18. The molecule has 0 N–H and O–H groups in total. The maximum absolute atomic E-state index is 2.43. The summed E-state index contributed by atoms with van der Waals surface area (Å²) in [5.74, 6) is 3.65. The van der Waals surface area contributed by atoms with Gasteiger partial charge < -0.3 is 0 Å². The summed E-state index contributed by atoms with van der Waals surface area (Å²) in [6.07, 6.45) is 5.45. The molecule has 0 aromatic heterocycles. The molecule has 0 radical (unpaired) electrons. The lowest BCUT2D eigenvalue weighted by Gasteiger charge is -2.30. The van der Waals surface area contributed by atoms with Crippen molar-refractivity contribution in [3.8, 4) is 0 Å². The summed E-state index contributed by atoms with van der Waals surface area (Å²) in [4.78, 5) is 0. The fourth-order valence-electron chi connectivity index (χ4n) is 2.26. The quantitative estimate of drug-likeness (QED) is 0.532. The highest BCUT2D eigenvalue weighted by molar-refractivity contribution is 4.72. The Morgan fingerprint density at radius 2 is 1.14 bits per heavy atom. The minimum absolute atomic E-state index is 0.902. The van der Waals surface area contributed by atoms with Crippen LogP contribution in [0.25, 0.3) is 0 Å². The van der Waals surface area contributed by atoms with E-state index >= 15 is 0 Å². The summed E-state index contributed by atoms with van der Waals surface area (Å²) < 4.78 is 0. The van der Waals surface area contributed by atoms with Crippen molar-refractivity contribution in [1.29, 1.82) is 0 Å². The topological polar surface area (TPSA) is 0 Å². The van der Waals surface area contributed by atoms with Gasteiger partial charge in [0.15, 0.2) is 0 Å². The third kappa shape index (κ3) is 4.48. The zero-order valence-corrected chi connectivity index (χ0v) is 11.1. The molecular formula is C14H30. The molecule has 0 aromatic carbocycles. The standard InChI is InChI=1S/C14H30/c1-7-11(4)10-14(12(5)8-2)13(6)9-3/h11-14H,7-10H2,1-6H3. The molecule has 14 heavy (non-hydrogen) atoms. The van der Waals surface area contributed by atoms with Crippen molar-refractivity contribution in [3.63, 3.8) is 0 Å². The molecular weight excluding hydrogens is 168 g/mol. The number of rotatable bonds is 7. The second-order valence-corrected chi connectivity index (χ2v) is 5.18. The van der Waals surface area contributed by atoms with Crippen LogP contribution in [0.3, 0.4) is 0 Å². The van der Waals surface area contributed by atoms with Gasteiger partial charge in [0.1, 0.15) is 0 Å². The van der Waals surface area contributed by atoms with E-state index < -0.39 is 0 Å². The van der Waals surface area contributed by atoms with Crippen LogP contribution in [0.5, 0.6) is 0 Å². The molecule has 0 aliphatic heterocycles. The number of hydrogen-bond acceptors (Lipinski definition) is 0. The smallest absolute Gasteiger partial charge is 0.0360 e. The van der Waals surface area contributed by atoms with Crippen molar-refractivity contribution < 1.29 is 0 Å².